The number of rotatable bonds is 4. The number of aliphatic imine (C=N–C) groups is 1. The largest absolute Gasteiger partial charge is 0.383 e. The molecule has 1 aromatic rings. The van der Waals surface area contributed by atoms with Crippen LogP contribution in [0.15, 0.2) is 16.4 Å². The van der Waals surface area contributed by atoms with Gasteiger partial charge in [0.25, 0.3) is 0 Å². The zero-order valence-corrected chi connectivity index (χ0v) is 8.10. The van der Waals surface area contributed by atoms with E-state index in [0.717, 1.165) is 10.4 Å². The molecular weight excluding hydrogens is 186 g/mol. The Morgan fingerprint density at radius 3 is 3.23 bits per heavy atom. The van der Waals surface area contributed by atoms with Crippen LogP contribution < -0.4 is 11.1 Å². The van der Waals surface area contributed by atoms with Gasteiger partial charge in [-0.2, -0.15) is 0 Å². The minimum atomic E-state index is 0.522. The van der Waals surface area contributed by atoms with Crippen molar-refractivity contribution < 1.29 is 4.79 Å². The first kappa shape index (κ1) is 9.73. The first-order valence-electron chi connectivity index (χ1n) is 3.75. The maximum Gasteiger partial charge on any atom is 0.207 e. The minimum absolute atomic E-state index is 0.522. The van der Waals surface area contributed by atoms with Gasteiger partial charge in [-0.3, -0.25) is 9.79 Å². The van der Waals surface area contributed by atoms with Crippen LogP contribution in [0.2, 0.25) is 0 Å². The lowest BCUT2D eigenvalue weighted by atomic mass is 10.3. The first-order chi connectivity index (χ1) is 6.27. The van der Waals surface area contributed by atoms with Gasteiger partial charge in [0.1, 0.15) is 5.84 Å². The highest BCUT2D eigenvalue weighted by atomic mass is 32.1. The molecule has 0 aliphatic rings. The van der Waals surface area contributed by atoms with Crippen LogP contribution >= 0.6 is 11.3 Å². The fourth-order valence-electron chi connectivity index (χ4n) is 0.879. The Labute approximate surface area is 80.5 Å². The summed E-state index contributed by atoms with van der Waals surface area (Å²) in [5.41, 5.74) is 6.52. The zero-order valence-electron chi connectivity index (χ0n) is 7.28. The molecule has 70 valence electrons. The summed E-state index contributed by atoms with van der Waals surface area (Å²) in [6.07, 6.45) is 0.677. The lowest BCUT2D eigenvalue weighted by Gasteiger charge is -1.93. The van der Waals surface area contributed by atoms with Crippen molar-refractivity contribution in [3.05, 3.63) is 21.9 Å². The summed E-state index contributed by atoms with van der Waals surface area (Å²) in [6, 6.07) is 1.92. The molecule has 0 aliphatic heterocycles. The van der Waals surface area contributed by atoms with Crippen molar-refractivity contribution in [1.29, 1.82) is 0 Å². The van der Waals surface area contributed by atoms with E-state index in [1.54, 1.807) is 18.4 Å². The van der Waals surface area contributed by atoms with E-state index in [4.69, 9.17) is 5.73 Å². The van der Waals surface area contributed by atoms with Crippen molar-refractivity contribution in [3.8, 4) is 0 Å². The van der Waals surface area contributed by atoms with Gasteiger partial charge >= 0.3 is 0 Å². The third-order valence-corrected chi connectivity index (χ3v) is 2.49. The lowest BCUT2D eigenvalue weighted by molar-refractivity contribution is -0.109. The third kappa shape index (κ3) is 2.55. The molecule has 0 aromatic carbocycles. The molecule has 1 heterocycles. The number of amides is 1. The van der Waals surface area contributed by atoms with Crippen LogP contribution in [0.25, 0.3) is 0 Å². The number of nitrogens with two attached hydrogens (primary N) is 1. The van der Waals surface area contributed by atoms with Gasteiger partial charge in [0.15, 0.2) is 0 Å². The molecular formula is C8H11N3OS. The molecule has 4 nitrogen and oxygen atoms in total. The summed E-state index contributed by atoms with van der Waals surface area (Å²) < 4.78 is 0. The number of carbonyl (C=O) groups excluding carboxylic acids is 1. The van der Waals surface area contributed by atoms with Gasteiger partial charge in [-0.05, 0) is 6.07 Å². The Hall–Kier alpha value is -1.36. The van der Waals surface area contributed by atoms with Crippen molar-refractivity contribution in [1.82, 2.24) is 5.32 Å². The number of hydrogen-bond acceptors (Lipinski definition) is 3. The fourth-order valence-corrected chi connectivity index (χ4v) is 1.71. The summed E-state index contributed by atoms with van der Waals surface area (Å²) in [5.74, 6) is 0.522. The first-order valence-corrected chi connectivity index (χ1v) is 4.63. The van der Waals surface area contributed by atoms with E-state index in [1.807, 2.05) is 11.4 Å². The van der Waals surface area contributed by atoms with E-state index in [-0.39, 0.29) is 0 Å². The molecule has 1 aromatic heterocycles. The second-order valence-corrected chi connectivity index (χ2v) is 3.41. The Morgan fingerprint density at radius 2 is 2.62 bits per heavy atom. The summed E-state index contributed by atoms with van der Waals surface area (Å²) in [5, 5.41) is 4.50. The molecule has 0 radical (unpaired) electrons. The molecule has 0 fully saturated rings. The highest BCUT2D eigenvalue weighted by Crippen LogP contribution is 2.13. The number of hydrogen-bond donors (Lipinski definition) is 2. The predicted molar refractivity (Wildman–Crippen MR) is 53.9 cm³/mol. The lowest BCUT2D eigenvalue weighted by Crippen LogP contribution is -2.12. The number of carbonyl (C=O) groups is 1. The van der Waals surface area contributed by atoms with Crippen molar-refractivity contribution in [2.24, 2.45) is 10.7 Å². The zero-order chi connectivity index (χ0) is 9.68. The van der Waals surface area contributed by atoms with E-state index in [1.165, 1.54) is 0 Å². The maximum atomic E-state index is 10.0. The number of nitrogens with one attached hydrogen (secondary N) is 1. The molecule has 1 rings (SSSR count). The SMILES string of the molecule is CN=C(N)c1csc(CNC=O)c1. The molecule has 0 spiro atoms. The van der Waals surface area contributed by atoms with E-state index in [2.05, 4.69) is 10.3 Å². The maximum absolute atomic E-state index is 10.0. The average molecular weight is 197 g/mol. The quantitative estimate of drug-likeness (QED) is 0.415. The molecule has 0 saturated heterocycles. The van der Waals surface area contributed by atoms with Gasteiger partial charge < -0.3 is 11.1 Å². The molecule has 0 bridgehead atoms. The smallest absolute Gasteiger partial charge is 0.207 e. The van der Waals surface area contributed by atoms with Crippen molar-refractivity contribution in [2.75, 3.05) is 7.05 Å². The molecule has 1 amide bonds. The van der Waals surface area contributed by atoms with Crippen LogP contribution in [-0.2, 0) is 11.3 Å². The van der Waals surface area contributed by atoms with Crippen LogP contribution in [0.3, 0.4) is 0 Å². The summed E-state index contributed by atoms with van der Waals surface area (Å²) in [7, 11) is 1.65. The summed E-state index contributed by atoms with van der Waals surface area (Å²) >= 11 is 1.55. The number of thiophene rings is 1. The molecule has 0 saturated carbocycles. The van der Waals surface area contributed by atoms with Crippen LogP contribution in [-0.4, -0.2) is 19.3 Å². The minimum Gasteiger partial charge on any atom is -0.383 e. The van der Waals surface area contributed by atoms with E-state index in [9.17, 15) is 4.79 Å². The Morgan fingerprint density at radius 1 is 1.85 bits per heavy atom. The predicted octanol–water partition coefficient (Wildman–Crippen LogP) is 0.329. The highest BCUT2D eigenvalue weighted by Gasteiger charge is 2.01. The molecule has 0 unspecified atom stereocenters. The van der Waals surface area contributed by atoms with Gasteiger partial charge in [0.2, 0.25) is 6.41 Å². The van der Waals surface area contributed by atoms with Crippen LogP contribution in [0.1, 0.15) is 10.4 Å². The number of nitrogens with zero attached hydrogens (tertiary/aromatic N) is 1. The summed E-state index contributed by atoms with van der Waals surface area (Å²) in [4.78, 5) is 14.9. The van der Waals surface area contributed by atoms with Gasteiger partial charge in [0, 0.05) is 22.9 Å². The van der Waals surface area contributed by atoms with Crippen molar-refractivity contribution in [3.63, 3.8) is 0 Å². The van der Waals surface area contributed by atoms with Gasteiger partial charge in [-0.15, -0.1) is 11.3 Å². The third-order valence-electron chi connectivity index (χ3n) is 1.55. The van der Waals surface area contributed by atoms with E-state index < -0.39 is 0 Å². The normalized spacial score (nSPS) is 11.3. The highest BCUT2D eigenvalue weighted by molar-refractivity contribution is 7.10. The second-order valence-electron chi connectivity index (χ2n) is 2.41. The van der Waals surface area contributed by atoms with Crippen LogP contribution in [0.4, 0.5) is 0 Å². The fraction of sp³-hybridized carbons (Fsp3) is 0.250. The van der Waals surface area contributed by atoms with Gasteiger partial charge in [0.05, 0.1) is 6.54 Å². The Balaban J connectivity index is 2.69. The van der Waals surface area contributed by atoms with E-state index in [0.29, 0.717) is 18.8 Å². The average Bonchev–Trinajstić information content (AvgIpc) is 2.62. The van der Waals surface area contributed by atoms with Crippen molar-refractivity contribution >= 4 is 23.6 Å². The standard InChI is InChI=1S/C8H11N3OS/c1-10-8(9)6-2-7(13-4-6)3-11-5-12/h2,4-5H,3H2,1H3,(H2,9,10)(H,11,12). The molecule has 0 aliphatic carbocycles. The monoisotopic (exact) mass is 197 g/mol. The molecule has 3 N–H and O–H groups in total. The Kier molecular flexibility index (Phi) is 3.45. The topological polar surface area (TPSA) is 67.5 Å². The van der Waals surface area contributed by atoms with Gasteiger partial charge in [-0.25, -0.2) is 0 Å². The second kappa shape index (κ2) is 4.61. The Bertz CT molecular complexity index is 319. The summed E-state index contributed by atoms with van der Waals surface area (Å²) in [6.45, 7) is 0.547. The van der Waals surface area contributed by atoms with Crippen molar-refractivity contribution in [2.45, 2.75) is 6.54 Å². The van der Waals surface area contributed by atoms with E-state index >= 15 is 0 Å². The molecule has 13 heavy (non-hydrogen) atoms. The van der Waals surface area contributed by atoms with Gasteiger partial charge in [-0.1, -0.05) is 0 Å². The molecule has 0 atom stereocenters. The number of amidine groups is 1. The van der Waals surface area contributed by atoms with Crippen LogP contribution in [0, 0.1) is 0 Å². The molecule has 5 heteroatoms. The van der Waals surface area contributed by atoms with Crippen LogP contribution in [0.5, 0.6) is 0 Å².